The molecule has 0 radical (unpaired) electrons. The van der Waals surface area contributed by atoms with Gasteiger partial charge in [0.2, 0.25) is 0 Å². The number of hydrogen-bond acceptors (Lipinski definition) is 4. The minimum absolute atomic E-state index is 0.00658. The smallest absolute Gasteiger partial charge is 0.341 e. The lowest BCUT2D eigenvalue weighted by Crippen LogP contribution is -2.12. The second-order valence-corrected chi connectivity index (χ2v) is 5.01. The number of anilines is 1. The predicted molar refractivity (Wildman–Crippen MR) is 75.1 cm³/mol. The fraction of sp³-hybridized carbons (Fsp3) is 0.154. The molecule has 0 bridgehead atoms. The molecule has 0 saturated carbocycles. The number of hydrogen-bond donors (Lipinski definition) is 2. The molecule has 1 aromatic heterocycles. The Morgan fingerprint density at radius 2 is 1.95 bits per heavy atom. The molecule has 0 aliphatic carbocycles. The topological polar surface area (TPSA) is 89.1 Å². The third kappa shape index (κ3) is 3.08. The Bertz CT molecular complexity index is 603. The van der Waals surface area contributed by atoms with Crippen LogP contribution in [0, 0.1) is 6.92 Å². The molecule has 0 aliphatic heterocycles. The van der Waals surface area contributed by atoms with Crippen LogP contribution in [0.2, 0.25) is 0 Å². The standard InChI is InChI=1S/C13H12BrN3O2/c1-7-11(13(18)19)12(15)17-10(16-7)6-8-2-4-9(14)5-3-8/h2-5H,6H2,1H3,(H,18,19)(H2,15,16,17). The van der Waals surface area contributed by atoms with E-state index in [-0.39, 0.29) is 11.4 Å². The number of aromatic carboxylic acids is 1. The summed E-state index contributed by atoms with van der Waals surface area (Å²) in [5.41, 5.74) is 7.05. The van der Waals surface area contributed by atoms with Crippen LogP contribution < -0.4 is 5.73 Å². The van der Waals surface area contributed by atoms with Crippen molar-refractivity contribution in [2.75, 3.05) is 5.73 Å². The monoisotopic (exact) mass is 321 g/mol. The summed E-state index contributed by atoms with van der Waals surface area (Å²) in [7, 11) is 0. The average molecular weight is 322 g/mol. The number of carboxylic acid groups (broad SMARTS) is 1. The maximum absolute atomic E-state index is 11.0. The Kier molecular flexibility index (Phi) is 3.80. The first-order valence-electron chi connectivity index (χ1n) is 5.58. The zero-order valence-electron chi connectivity index (χ0n) is 10.2. The molecule has 5 nitrogen and oxygen atoms in total. The number of carboxylic acids is 1. The molecule has 0 saturated heterocycles. The van der Waals surface area contributed by atoms with Gasteiger partial charge in [-0.1, -0.05) is 28.1 Å². The molecule has 0 amide bonds. The van der Waals surface area contributed by atoms with Crippen molar-refractivity contribution >= 4 is 27.7 Å². The van der Waals surface area contributed by atoms with Gasteiger partial charge in [-0.25, -0.2) is 14.8 Å². The lowest BCUT2D eigenvalue weighted by molar-refractivity contribution is 0.0696. The van der Waals surface area contributed by atoms with E-state index in [1.165, 1.54) is 0 Å². The summed E-state index contributed by atoms with van der Waals surface area (Å²) in [4.78, 5) is 19.2. The van der Waals surface area contributed by atoms with E-state index >= 15 is 0 Å². The predicted octanol–water partition coefficient (Wildman–Crippen LogP) is 2.42. The van der Waals surface area contributed by atoms with E-state index in [0.717, 1.165) is 10.0 Å². The fourth-order valence-electron chi connectivity index (χ4n) is 1.78. The minimum atomic E-state index is -1.11. The Labute approximate surface area is 118 Å². The van der Waals surface area contributed by atoms with Crippen molar-refractivity contribution in [3.8, 4) is 0 Å². The zero-order valence-corrected chi connectivity index (χ0v) is 11.8. The fourth-order valence-corrected chi connectivity index (χ4v) is 2.05. The molecule has 0 spiro atoms. The van der Waals surface area contributed by atoms with Crippen molar-refractivity contribution in [3.63, 3.8) is 0 Å². The van der Waals surface area contributed by atoms with Crippen LogP contribution in [-0.4, -0.2) is 21.0 Å². The third-order valence-electron chi connectivity index (χ3n) is 2.65. The average Bonchev–Trinajstić information content (AvgIpc) is 2.30. The highest BCUT2D eigenvalue weighted by Crippen LogP contribution is 2.16. The van der Waals surface area contributed by atoms with Gasteiger partial charge in [-0.2, -0.15) is 0 Å². The van der Waals surface area contributed by atoms with Crippen LogP contribution in [-0.2, 0) is 6.42 Å². The van der Waals surface area contributed by atoms with Gasteiger partial charge in [-0.3, -0.25) is 0 Å². The molecule has 6 heteroatoms. The van der Waals surface area contributed by atoms with Gasteiger partial charge in [0.25, 0.3) is 0 Å². The molecular weight excluding hydrogens is 310 g/mol. The summed E-state index contributed by atoms with van der Waals surface area (Å²) in [5, 5.41) is 8.99. The van der Waals surface area contributed by atoms with Crippen LogP contribution >= 0.6 is 15.9 Å². The molecule has 98 valence electrons. The van der Waals surface area contributed by atoms with Crippen LogP contribution in [0.4, 0.5) is 5.82 Å². The second kappa shape index (κ2) is 5.36. The molecule has 1 aromatic carbocycles. The number of aromatic nitrogens is 2. The van der Waals surface area contributed by atoms with Crippen LogP contribution in [0.1, 0.15) is 27.4 Å². The highest BCUT2D eigenvalue weighted by atomic mass is 79.9. The molecule has 0 unspecified atom stereocenters. The van der Waals surface area contributed by atoms with E-state index in [2.05, 4.69) is 25.9 Å². The minimum Gasteiger partial charge on any atom is -0.477 e. The van der Waals surface area contributed by atoms with E-state index < -0.39 is 5.97 Å². The number of benzene rings is 1. The Balaban J connectivity index is 2.32. The molecule has 2 rings (SSSR count). The van der Waals surface area contributed by atoms with Crippen molar-refractivity contribution < 1.29 is 9.90 Å². The molecule has 2 aromatic rings. The van der Waals surface area contributed by atoms with Gasteiger partial charge in [-0.05, 0) is 24.6 Å². The van der Waals surface area contributed by atoms with E-state index in [4.69, 9.17) is 10.8 Å². The van der Waals surface area contributed by atoms with Gasteiger partial charge in [-0.15, -0.1) is 0 Å². The summed E-state index contributed by atoms with van der Waals surface area (Å²) in [5.74, 6) is -0.584. The normalized spacial score (nSPS) is 10.4. The maximum Gasteiger partial charge on any atom is 0.341 e. The summed E-state index contributed by atoms with van der Waals surface area (Å²) in [6, 6.07) is 7.75. The Hall–Kier alpha value is -1.95. The molecular formula is C13H12BrN3O2. The summed E-state index contributed by atoms with van der Waals surface area (Å²) in [6.45, 7) is 1.62. The van der Waals surface area contributed by atoms with Crippen molar-refractivity contribution in [1.82, 2.24) is 9.97 Å². The van der Waals surface area contributed by atoms with E-state index in [0.29, 0.717) is 17.9 Å². The SMILES string of the molecule is Cc1nc(Cc2ccc(Br)cc2)nc(N)c1C(=O)O. The Morgan fingerprint density at radius 1 is 1.32 bits per heavy atom. The maximum atomic E-state index is 11.0. The van der Waals surface area contributed by atoms with Gasteiger partial charge in [0.1, 0.15) is 17.2 Å². The first-order valence-corrected chi connectivity index (χ1v) is 6.37. The lowest BCUT2D eigenvalue weighted by Gasteiger charge is -2.07. The van der Waals surface area contributed by atoms with Crippen molar-refractivity contribution in [2.45, 2.75) is 13.3 Å². The van der Waals surface area contributed by atoms with Crippen LogP contribution in [0.15, 0.2) is 28.7 Å². The number of carbonyl (C=O) groups is 1. The van der Waals surface area contributed by atoms with Gasteiger partial charge < -0.3 is 10.8 Å². The van der Waals surface area contributed by atoms with E-state index in [1.54, 1.807) is 6.92 Å². The van der Waals surface area contributed by atoms with Crippen molar-refractivity contribution in [3.05, 3.63) is 51.4 Å². The summed E-state index contributed by atoms with van der Waals surface area (Å²) >= 11 is 3.36. The quantitative estimate of drug-likeness (QED) is 0.906. The van der Waals surface area contributed by atoms with Gasteiger partial charge in [0, 0.05) is 10.9 Å². The third-order valence-corrected chi connectivity index (χ3v) is 3.18. The Morgan fingerprint density at radius 3 is 2.47 bits per heavy atom. The van der Waals surface area contributed by atoms with Crippen LogP contribution in [0.3, 0.4) is 0 Å². The van der Waals surface area contributed by atoms with Gasteiger partial charge in [0.15, 0.2) is 0 Å². The largest absolute Gasteiger partial charge is 0.477 e. The summed E-state index contributed by atoms with van der Waals surface area (Å²) in [6.07, 6.45) is 0.512. The van der Waals surface area contributed by atoms with Gasteiger partial charge >= 0.3 is 5.97 Å². The van der Waals surface area contributed by atoms with E-state index in [9.17, 15) is 4.79 Å². The highest BCUT2D eigenvalue weighted by Gasteiger charge is 2.15. The first kappa shape index (κ1) is 13.5. The van der Waals surface area contributed by atoms with Crippen molar-refractivity contribution in [2.24, 2.45) is 0 Å². The second-order valence-electron chi connectivity index (χ2n) is 4.09. The lowest BCUT2D eigenvalue weighted by atomic mass is 10.1. The molecule has 0 atom stereocenters. The van der Waals surface area contributed by atoms with Crippen LogP contribution in [0.25, 0.3) is 0 Å². The number of rotatable bonds is 3. The number of nitrogens with zero attached hydrogens (tertiary/aromatic N) is 2. The van der Waals surface area contributed by atoms with Gasteiger partial charge in [0.05, 0.1) is 5.69 Å². The molecule has 0 fully saturated rings. The molecule has 0 aliphatic rings. The van der Waals surface area contributed by atoms with E-state index in [1.807, 2.05) is 24.3 Å². The van der Waals surface area contributed by atoms with Crippen LogP contribution in [0.5, 0.6) is 0 Å². The number of aryl methyl sites for hydroxylation is 1. The molecule has 19 heavy (non-hydrogen) atoms. The number of halogens is 1. The first-order chi connectivity index (χ1) is 8.97. The zero-order chi connectivity index (χ0) is 14.0. The number of nitrogen functional groups attached to an aromatic ring is 1. The van der Waals surface area contributed by atoms with Crippen molar-refractivity contribution in [1.29, 1.82) is 0 Å². The molecule has 3 N–H and O–H groups in total. The number of nitrogens with two attached hydrogens (primary N) is 1. The highest BCUT2D eigenvalue weighted by molar-refractivity contribution is 9.10. The molecule has 1 heterocycles. The summed E-state index contributed by atoms with van der Waals surface area (Å²) < 4.78 is 0.995.